The molecule has 0 aromatic heterocycles. The van der Waals surface area contributed by atoms with Crippen molar-refractivity contribution < 1.29 is 19.7 Å². The molecule has 5 nitrogen and oxygen atoms in total. The number of nitrogens with zero attached hydrogens (tertiary/aromatic N) is 1. The first-order valence-corrected chi connectivity index (χ1v) is 6.77. The number of aliphatic hydroxyl groups is 2. The van der Waals surface area contributed by atoms with Crippen LogP contribution in [0.5, 0.6) is 0 Å². The second-order valence-electron chi connectivity index (χ2n) is 5.20. The second-order valence-corrected chi connectivity index (χ2v) is 5.20. The molecule has 1 fully saturated rings. The van der Waals surface area contributed by atoms with Crippen LogP contribution in [0, 0.1) is 5.92 Å². The lowest BCUT2D eigenvalue weighted by atomic mass is 9.99. The zero-order valence-electron chi connectivity index (χ0n) is 11.5. The Morgan fingerprint density at radius 3 is 2.83 bits per heavy atom. The van der Waals surface area contributed by atoms with Crippen LogP contribution >= 0.6 is 0 Å². The Labute approximate surface area is 110 Å². The molecule has 0 bridgehead atoms. The van der Waals surface area contributed by atoms with Crippen molar-refractivity contribution in [3.8, 4) is 0 Å². The van der Waals surface area contributed by atoms with E-state index < -0.39 is 6.10 Å². The minimum absolute atomic E-state index is 0.0104. The molecule has 18 heavy (non-hydrogen) atoms. The first-order chi connectivity index (χ1) is 8.65. The molecule has 0 aliphatic carbocycles. The van der Waals surface area contributed by atoms with Crippen LogP contribution in [-0.4, -0.2) is 73.9 Å². The number of rotatable bonds is 8. The number of β-amino-alcohol motifs (C(OH)–C–C–N with tert-alkyl or cyclic N) is 1. The summed E-state index contributed by atoms with van der Waals surface area (Å²) in [5.74, 6) is 0.360. The normalized spacial score (nSPS) is 25.0. The summed E-state index contributed by atoms with van der Waals surface area (Å²) in [6.45, 7) is 5.55. The van der Waals surface area contributed by atoms with Gasteiger partial charge in [0.2, 0.25) is 0 Å². The Kier molecular flexibility index (Phi) is 7.77. The Morgan fingerprint density at radius 2 is 2.17 bits per heavy atom. The second kappa shape index (κ2) is 8.82. The van der Waals surface area contributed by atoms with Crippen LogP contribution in [0.25, 0.3) is 0 Å². The molecule has 108 valence electrons. The van der Waals surface area contributed by atoms with E-state index in [9.17, 15) is 5.11 Å². The number of hydrogen-bond donors (Lipinski definition) is 2. The van der Waals surface area contributed by atoms with Crippen LogP contribution in [-0.2, 0) is 9.47 Å². The molecule has 1 heterocycles. The summed E-state index contributed by atoms with van der Waals surface area (Å²) in [6.07, 6.45) is 1.72. The van der Waals surface area contributed by atoms with E-state index in [1.807, 2.05) is 6.92 Å². The van der Waals surface area contributed by atoms with Crippen LogP contribution < -0.4 is 0 Å². The summed E-state index contributed by atoms with van der Waals surface area (Å²) < 4.78 is 10.5. The maximum atomic E-state index is 9.91. The van der Waals surface area contributed by atoms with E-state index in [2.05, 4.69) is 4.90 Å². The van der Waals surface area contributed by atoms with Gasteiger partial charge in [-0.15, -0.1) is 0 Å². The van der Waals surface area contributed by atoms with Crippen LogP contribution in [0.4, 0.5) is 0 Å². The van der Waals surface area contributed by atoms with Gasteiger partial charge in [-0.1, -0.05) is 0 Å². The molecule has 1 rings (SSSR count). The first-order valence-electron chi connectivity index (χ1n) is 6.77. The zero-order chi connectivity index (χ0) is 13.4. The summed E-state index contributed by atoms with van der Waals surface area (Å²) in [4.78, 5) is 2.21. The maximum absolute atomic E-state index is 9.91. The highest BCUT2D eigenvalue weighted by Gasteiger charge is 2.21. The summed E-state index contributed by atoms with van der Waals surface area (Å²) in [5.41, 5.74) is 0. The fraction of sp³-hybridized carbons (Fsp3) is 1.00. The van der Waals surface area contributed by atoms with Gasteiger partial charge in [-0.2, -0.15) is 0 Å². The molecule has 0 amide bonds. The lowest BCUT2D eigenvalue weighted by Gasteiger charge is -2.33. The molecular formula is C13H27NO4. The summed E-state index contributed by atoms with van der Waals surface area (Å²) in [5, 5.41) is 19.1. The average molecular weight is 261 g/mol. The molecule has 0 aromatic carbocycles. The minimum Gasteiger partial charge on any atom is -0.396 e. The Bertz CT molecular complexity index is 215. The zero-order valence-corrected chi connectivity index (χ0v) is 11.5. The lowest BCUT2D eigenvalue weighted by Crippen LogP contribution is -2.42. The highest BCUT2D eigenvalue weighted by Crippen LogP contribution is 2.15. The van der Waals surface area contributed by atoms with E-state index in [1.54, 1.807) is 7.11 Å². The molecule has 0 spiro atoms. The van der Waals surface area contributed by atoms with Gasteiger partial charge in [0.1, 0.15) is 0 Å². The van der Waals surface area contributed by atoms with Crippen molar-refractivity contribution in [3.05, 3.63) is 0 Å². The van der Waals surface area contributed by atoms with Crippen molar-refractivity contribution in [2.45, 2.75) is 32.0 Å². The van der Waals surface area contributed by atoms with Gasteiger partial charge in [-0.25, -0.2) is 0 Å². The first kappa shape index (κ1) is 15.9. The van der Waals surface area contributed by atoms with Gasteiger partial charge in [0, 0.05) is 26.8 Å². The maximum Gasteiger partial charge on any atom is 0.0900 e. The summed E-state index contributed by atoms with van der Waals surface area (Å²) in [7, 11) is 1.64. The van der Waals surface area contributed by atoms with Gasteiger partial charge < -0.3 is 24.6 Å². The molecule has 5 heteroatoms. The van der Waals surface area contributed by atoms with Gasteiger partial charge in [-0.3, -0.25) is 0 Å². The third-order valence-electron chi connectivity index (χ3n) is 3.30. The van der Waals surface area contributed by atoms with Gasteiger partial charge in [-0.05, 0) is 32.2 Å². The van der Waals surface area contributed by atoms with Crippen LogP contribution in [0.2, 0.25) is 0 Å². The number of piperidine rings is 1. The number of aliphatic hydroxyl groups excluding tert-OH is 2. The minimum atomic E-state index is -0.471. The molecule has 2 N–H and O–H groups in total. The predicted octanol–water partition coefficient (Wildman–Crippen LogP) is 0.103. The van der Waals surface area contributed by atoms with Gasteiger partial charge in [0.15, 0.2) is 0 Å². The average Bonchev–Trinajstić information content (AvgIpc) is 2.37. The topological polar surface area (TPSA) is 62.2 Å². The third kappa shape index (κ3) is 6.11. The Balaban J connectivity index is 2.16. The van der Waals surface area contributed by atoms with Crippen molar-refractivity contribution in [3.63, 3.8) is 0 Å². The van der Waals surface area contributed by atoms with Crippen LogP contribution in [0.3, 0.4) is 0 Å². The predicted molar refractivity (Wildman–Crippen MR) is 69.5 cm³/mol. The fourth-order valence-electron chi connectivity index (χ4n) is 2.38. The highest BCUT2D eigenvalue weighted by atomic mass is 16.5. The van der Waals surface area contributed by atoms with E-state index in [0.29, 0.717) is 25.7 Å². The standard InChI is InChI=1S/C13H27NO4/c1-11(9-17-2)18-10-13(16)7-14-5-3-4-12(6-14)8-15/h11-13,15-16H,3-10H2,1-2H3. The molecule has 0 radical (unpaired) electrons. The number of likely N-dealkylation sites (tertiary alicyclic amines) is 1. The van der Waals surface area contributed by atoms with Crippen LogP contribution in [0.15, 0.2) is 0 Å². The highest BCUT2D eigenvalue weighted by molar-refractivity contribution is 4.74. The number of hydrogen-bond acceptors (Lipinski definition) is 5. The molecular weight excluding hydrogens is 234 g/mol. The van der Waals surface area contributed by atoms with Gasteiger partial charge in [0.25, 0.3) is 0 Å². The SMILES string of the molecule is COCC(C)OCC(O)CN1CCCC(CO)C1. The van der Waals surface area contributed by atoms with Gasteiger partial charge in [0.05, 0.1) is 25.4 Å². The summed E-state index contributed by atoms with van der Waals surface area (Å²) >= 11 is 0. The largest absolute Gasteiger partial charge is 0.396 e. The Morgan fingerprint density at radius 1 is 1.39 bits per heavy atom. The van der Waals surface area contributed by atoms with Crippen molar-refractivity contribution in [1.82, 2.24) is 4.90 Å². The monoisotopic (exact) mass is 261 g/mol. The van der Waals surface area contributed by atoms with Crippen molar-refractivity contribution in [2.75, 3.05) is 46.6 Å². The third-order valence-corrected chi connectivity index (χ3v) is 3.30. The van der Waals surface area contributed by atoms with Crippen LogP contribution in [0.1, 0.15) is 19.8 Å². The molecule has 0 aromatic rings. The molecule has 1 aliphatic rings. The van der Waals surface area contributed by atoms with E-state index in [-0.39, 0.29) is 12.7 Å². The lowest BCUT2D eigenvalue weighted by molar-refractivity contribution is -0.0431. The number of methoxy groups -OCH3 is 1. The van der Waals surface area contributed by atoms with E-state index >= 15 is 0 Å². The fourth-order valence-corrected chi connectivity index (χ4v) is 2.38. The summed E-state index contributed by atoms with van der Waals surface area (Å²) in [6, 6.07) is 0. The smallest absolute Gasteiger partial charge is 0.0900 e. The molecule has 3 atom stereocenters. The van der Waals surface area contributed by atoms with Crippen molar-refractivity contribution >= 4 is 0 Å². The van der Waals surface area contributed by atoms with Crippen molar-refractivity contribution in [2.24, 2.45) is 5.92 Å². The number of ether oxygens (including phenoxy) is 2. The molecule has 1 aliphatic heterocycles. The van der Waals surface area contributed by atoms with E-state index in [1.165, 1.54) is 0 Å². The molecule has 0 saturated carbocycles. The quantitative estimate of drug-likeness (QED) is 0.649. The van der Waals surface area contributed by atoms with E-state index in [4.69, 9.17) is 14.6 Å². The molecule has 1 saturated heterocycles. The van der Waals surface area contributed by atoms with Crippen molar-refractivity contribution in [1.29, 1.82) is 0 Å². The van der Waals surface area contributed by atoms with E-state index in [0.717, 1.165) is 25.9 Å². The molecule has 3 unspecified atom stereocenters. The Hall–Kier alpha value is -0.200. The van der Waals surface area contributed by atoms with Gasteiger partial charge >= 0.3 is 0 Å².